The first-order valence-corrected chi connectivity index (χ1v) is 9.22. The maximum atomic E-state index is 3.87. The quantitative estimate of drug-likeness (QED) is 0.368. The maximum absolute atomic E-state index is 3.87. The van der Waals surface area contributed by atoms with Crippen LogP contribution in [-0.2, 0) is 13.1 Å². The zero-order valence-corrected chi connectivity index (χ0v) is 17.4. The summed E-state index contributed by atoms with van der Waals surface area (Å²) >= 11 is 3.87. The smallest absolute Gasteiger partial charge is 0.0522 e. The predicted octanol–water partition coefficient (Wildman–Crippen LogP) is 6.40. The van der Waals surface area contributed by atoms with Gasteiger partial charge in [-0.05, 0) is 16.7 Å². The van der Waals surface area contributed by atoms with E-state index in [0.717, 1.165) is 19.6 Å². The van der Waals surface area contributed by atoms with E-state index < -0.39 is 0 Å². The Labute approximate surface area is 169 Å². The van der Waals surface area contributed by atoms with Gasteiger partial charge in [-0.15, -0.1) is 17.0 Å². The van der Waals surface area contributed by atoms with Crippen LogP contribution in [0.1, 0.15) is 21.5 Å². The van der Waals surface area contributed by atoms with Crippen molar-refractivity contribution in [2.45, 2.75) is 17.9 Å². The normalized spacial score (nSPS) is 11.8. The van der Waals surface area contributed by atoms with E-state index in [1.54, 1.807) is 0 Å². The second-order valence-electron chi connectivity index (χ2n) is 6.02. The first-order chi connectivity index (χ1) is 11.8. The van der Waals surface area contributed by atoms with Crippen LogP contribution in [0.15, 0.2) is 91.0 Å². The van der Waals surface area contributed by atoms with Gasteiger partial charge in [-0.25, -0.2) is 0 Å². The van der Waals surface area contributed by atoms with Crippen molar-refractivity contribution in [2.24, 2.45) is 0 Å². The van der Waals surface area contributed by atoms with Crippen LogP contribution < -0.4 is 0 Å². The Morgan fingerprint density at radius 1 is 0.640 bits per heavy atom. The number of rotatable bonds is 7. The number of hydrogen-bond acceptors (Lipinski definition) is 1. The van der Waals surface area contributed by atoms with Gasteiger partial charge in [-0.1, -0.05) is 107 Å². The highest BCUT2D eigenvalue weighted by Gasteiger charge is 2.14. The van der Waals surface area contributed by atoms with Gasteiger partial charge in [0.05, 0.1) is 4.83 Å². The molecule has 0 aromatic heterocycles. The first-order valence-electron chi connectivity index (χ1n) is 8.30. The van der Waals surface area contributed by atoms with Crippen LogP contribution in [-0.4, -0.2) is 11.4 Å². The molecule has 1 nitrogen and oxygen atoms in total. The van der Waals surface area contributed by atoms with Gasteiger partial charge in [0.15, 0.2) is 0 Å². The van der Waals surface area contributed by atoms with Crippen molar-refractivity contribution in [1.29, 1.82) is 0 Å². The minimum absolute atomic E-state index is 0. The molecule has 0 N–H and O–H groups in total. The lowest BCUT2D eigenvalue weighted by Crippen LogP contribution is -2.26. The van der Waals surface area contributed by atoms with Crippen LogP contribution in [0.2, 0.25) is 0 Å². The molecule has 0 aliphatic rings. The summed E-state index contributed by atoms with van der Waals surface area (Å²) in [5.41, 5.74) is 4.02. The van der Waals surface area contributed by atoms with Crippen LogP contribution in [0.5, 0.6) is 0 Å². The average molecular weight is 461 g/mol. The molecule has 0 saturated heterocycles. The summed E-state index contributed by atoms with van der Waals surface area (Å²) in [5, 5.41) is 0. The van der Waals surface area contributed by atoms with Gasteiger partial charge >= 0.3 is 0 Å². The Kier molecular flexibility index (Phi) is 8.39. The van der Waals surface area contributed by atoms with Crippen molar-refractivity contribution in [3.8, 4) is 0 Å². The number of hydrogen-bond donors (Lipinski definition) is 0. The fourth-order valence-electron chi connectivity index (χ4n) is 2.86. The van der Waals surface area contributed by atoms with E-state index in [-0.39, 0.29) is 17.0 Å². The SMILES string of the molecule is Br.BrC(CN(Cc1ccccc1)Cc1ccccc1)c1ccccc1. The summed E-state index contributed by atoms with van der Waals surface area (Å²) < 4.78 is 0. The Balaban J connectivity index is 0.00000225. The minimum Gasteiger partial charge on any atom is -0.293 e. The van der Waals surface area contributed by atoms with E-state index in [9.17, 15) is 0 Å². The van der Waals surface area contributed by atoms with Crippen molar-refractivity contribution < 1.29 is 0 Å². The van der Waals surface area contributed by atoms with Crippen molar-refractivity contribution in [1.82, 2.24) is 4.90 Å². The lowest BCUT2D eigenvalue weighted by molar-refractivity contribution is 0.259. The molecule has 1 unspecified atom stereocenters. The van der Waals surface area contributed by atoms with Crippen LogP contribution in [0.4, 0.5) is 0 Å². The molecule has 0 spiro atoms. The van der Waals surface area contributed by atoms with Crippen LogP contribution in [0.3, 0.4) is 0 Å². The lowest BCUT2D eigenvalue weighted by atomic mass is 10.1. The first kappa shape index (κ1) is 19.9. The van der Waals surface area contributed by atoms with Gasteiger partial charge in [0.1, 0.15) is 0 Å². The largest absolute Gasteiger partial charge is 0.293 e. The monoisotopic (exact) mass is 459 g/mol. The number of nitrogens with zero attached hydrogens (tertiary/aromatic N) is 1. The average Bonchev–Trinajstić information content (AvgIpc) is 2.64. The molecule has 0 aliphatic carbocycles. The van der Waals surface area contributed by atoms with Crippen molar-refractivity contribution in [3.05, 3.63) is 108 Å². The number of halogens is 2. The molecule has 0 saturated carbocycles. The van der Waals surface area contributed by atoms with Gasteiger partial charge in [0, 0.05) is 19.6 Å². The van der Waals surface area contributed by atoms with Crippen molar-refractivity contribution >= 4 is 32.9 Å². The maximum Gasteiger partial charge on any atom is 0.0522 e. The lowest BCUT2D eigenvalue weighted by Gasteiger charge is -2.25. The summed E-state index contributed by atoms with van der Waals surface area (Å²) in [7, 11) is 0. The molecule has 3 rings (SSSR count). The van der Waals surface area contributed by atoms with E-state index in [2.05, 4.69) is 112 Å². The summed E-state index contributed by atoms with van der Waals surface area (Å²) in [4.78, 5) is 2.82. The van der Waals surface area contributed by atoms with Gasteiger partial charge < -0.3 is 0 Å². The molecule has 0 aliphatic heterocycles. The molecule has 3 heteroatoms. The highest BCUT2D eigenvalue weighted by Crippen LogP contribution is 2.25. The molecule has 0 radical (unpaired) electrons. The fourth-order valence-corrected chi connectivity index (χ4v) is 3.58. The zero-order valence-electron chi connectivity index (χ0n) is 14.1. The second-order valence-corrected chi connectivity index (χ2v) is 7.12. The molecule has 0 bridgehead atoms. The number of benzene rings is 3. The Hall–Kier alpha value is -1.42. The topological polar surface area (TPSA) is 3.24 Å². The molecule has 3 aromatic carbocycles. The Morgan fingerprint density at radius 2 is 1.04 bits per heavy atom. The molecule has 1 atom stereocenters. The van der Waals surface area contributed by atoms with E-state index in [1.165, 1.54) is 16.7 Å². The summed E-state index contributed by atoms with van der Waals surface area (Å²) in [6, 6.07) is 32.0. The molecular formula is C22H23Br2N. The molecule has 25 heavy (non-hydrogen) atoms. The molecule has 0 heterocycles. The van der Waals surface area contributed by atoms with Crippen LogP contribution in [0.25, 0.3) is 0 Å². The third-order valence-electron chi connectivity index (χ3n) is 4.08. The molecular weight excluding hydrogens is 438 g/mol. The number of alkyl halides is 1. The third kappa shape index (κ3) is 6.43. The summed E-state index contributed by atoms with van der Waals surface area (Å²) in [6.07, 6.45) is 0. The van der Waals surface area contributed by atoms with Gasteiger partial charge in [0.25, 0.3) is 0 Å². The van der Waals surface area contributed by atoms with E-state index >= 15 is 0 Å². The third-order valence-corrected chi connectivity index (χ3v) is 4.90. The standard InChI is InChI=1S/C22H22BrN.BrH/c23-22(21-14-8-3-9-15-21)18-24(16-19-10-4-1-5-11-19)17-20-12-6-2-7-13-20;/h1-15,22H,16-18H2;1H. The van der Waals surface area contributed by atoms with Crippen LogP contribution in [0, 0.1) is 0 Å². The molecule has 3 aromatic rings. The molecule has 0 amide bonds. The Bertz CT molecular complexity index is 675. The van der Waals surface area contributed by atoms with E-state index in [1.807, 2.05) is 0 Å². The van der Waals surface area contributed by atoms with Crippen LogP contribution >= 0.6 is 32.9 Å². The minimum atomic E-state index is 0. The van der Waals surface area contributed by atoms with E-state index in [4.69, 9.17) is 0 Å². The van der Waals surface area contributed by atoms with Gasteiger partial charge in [-0.3, -0.25) is 4.90 Å². The van der Waals surface area contributed by atoms with Gasteiger partial charge in [-0.2, -0.15) is 0 Å². The predicted molar refractivity (Wildman–Crippen MR) is 115 cm³/mol. The summed E-state index contributed by atoms with van der Waals surface area (Å²) in [5.74, 6) is 0. The van der Waals surface area contributed by atoms with E-state index in [0.29, 0.717) is 4.83 Å². The molecule has 0 fully saturated rings. The fraction of sp³-hybridized carbons (Fsp3) is 0.182. The highest BCUT2D eigenvalue weighted by molar-refractivity contribution is 9.09. The van der Waals surface area contributed by atoms with Crippen molar-refractivity contribution in [3.63, 3.8) is 0 Å². The Morgan fingerprint density at radius 3 is 1.48 bits per heavy atom. The zero-order chi connectivity index (χ0) is 16.6. The highest BCUT2D eigenvalue weighted by atomic mass is 79.9. The van der Waals surface area contributed by atoms with Crippen molar-refractivity contribution in [2.75, 3.05) is 6.54 Å². The van der Waals surface area contributed by atoms with Gasteiger partial charge in [0.2, 0.25) is 0 Å². The molecule has 130 valence electrons. The second kappa shape index (κ2) is 10.5. The summed E-state index contributed by atoms with van der Waals surface area (Å²) in [6.45, 7) is 2.86.